The highest BCUT2D eigenvalue weighted by atomic mass is 16.5. The van der Waals surface area contributed by atoms with Crippen molar-refractivity contribution >= 4 is 10.8 Å². The summed E-state index contributed by atoms with van der Waals surface area (Å²) in [5.74, 6) is 0.963. The second kappa shape index (κ2) is 5.13. The van der Waals surface area contributed by atoms with Crippen LogP contribution in [0.3, 0.4) is 0 Å². The average molecular weight is 278 g/mol. The van der Waals surface area contributed by atoms with Gasteiger partial charge in [-0.15, -0.1) is 0 Å². The second-order valence-corrected chi connectivity index (χ2v) is 5.39. The molecule has 2 heteroatoms. The minimum Gasteiger partial charge on any atom is -0.507 e. The highest BCUT2D eigenvalue weighted by molar-refractivity contribution is 5.98. The second-order valence-electron chi connectivity index (χ2n) is 5.39. The van der Waals surface area contributed by atoms with Gasteiger partial charge in [0.05, 0.1) is 12.7 Å². The third-order valence-corrected chi connectivity index (χ3v) is 3.79. The summed E-state index contributed by atoms with van der Waals surface area (Å²) < 4.78 is 5.49. The number of aromatic hydroxyl groups is 1. The van der Waals surface area contributed by atoms with Gasteiger partial charge >= 0.3 is 0 Å². The van der Waals surface area contributed by atoms with E-state index >= 15 is 0 Å². The fraction of sp³-hybridized carbons (Fsp3) is 0.158. The maximum Gasteiger partial charge on any atom is 0.134 e. The lowest BCUT2D eigenvalue weighted by Crippen LogP contribution is -1.91. The fourth-order valence-corrected chi connectivity index (χ4v) is 2.63. The normalized spacial score (nSPS) is 10.8. The van der Waals surface area contributed by atoms with Gasteiger partial charge in [-0.05, 0) is 36.9 Å². The van der Waals surface area contributed by atoms with Crippen molar-refractivity contribution in [1.82, 2.24) is 0 Å². The SMILES string of the molecule is COc1cc2ccc(C)cc2c(O)c1-c1ccc(C)cc1. The number of benzene rings is 3. The first kappa shape index (κ1) is 13.5. The van der Waals surface area contributed by atoms with Crippen LogP contribution in [-0.2, 0) is 0 Å². The molecule has 0 aliphatic carbocycles. The predicted octanol–water partition coefficient (Wildman–Crippen LogP) is 4.84. The molecule has 21 heavy (non-hydrogen) atoms. The van der Waals surface area contributed by atoms with Crippen molar-refractivity contribution in [2.45, 2.75) is 13.8 Å². The summed E-state index contributed by atoms with van der Waals surface area (Å²) in [5.41, 5.74) is 4.01. The topological polar surface area (TPSA) is 29.5 Å². The first-order valence-electron chi connectivity index (χ1n) is 6.97. The summed E-state index contributed by atoms with van der Waals surface area (Å²) in [5, 5.41) is 12.6. The van der Waals surface area contributed by atoms with Gasteiger partial charge in [0.15, 0.2) is 0 Å². The number of hydrogen-bond acceptors (Lipinski definition) is 2. The van der Waals surface area contributed by atoms with E-state index in [0.29, 0.717) is 5.75 Å². The van der Waals surface area contributed by atoms with E-state index < -0.39 is 0 Å². The van der Waals surface area contributed by atoms with Gasteiger partial charge < -0.3 is 9.84 Å². The lowest BCUT2D eigenvalue weighted by molar-refractivity contribution is 0.412. The van der Waals surface area contributed by atoms with Crippen molar-refractivity contribution in [3.63, 3.8) is 0 Å². The quantitative estimate of drug-likeness (QED) is 0.727. The Labute approximate surface area is 124 Å². The molecule has 3 rings (SSSR count). The third kappa shape index (κ3) is 2.33. The van der Waals surface area contributed by atoms with Crippen LogP contribution >= 0.6 is 0 Å². The van der Waals surface area contributed by atoms with E-state index in [1.807, 2.05) is 62.4 Å². The van der Waals surface area contributed by atoms with Crippen LogP contribution in [0.5, 0.6) is 11.5 Å². The Morgan fingerprint density at radius 2 is 1.52 bits per heavy atom. The number of methoxy groups -OCH3 is 1. The van der Waals surface area contributed by atoms with Crippen LogP contribution in [0, 0.1) is 13.8 Å². The largest absolute Gasteiger partial charge is 0.507 e. The lowest BCUT2D eigenvalue weighted by Gasteiger charge is -2.14. The van der Waals surface area contributed by atoms with Crippen molar-refractivity contribution < 1.29 is 9.84 Å². The van der Waals surface area contributed by atoms with Gasteiger partial charge in [0, 0.05) is 5.39 Å². The molecule has 0 bridgehead atoms. The van der Waals surface area contributed by atoms with Crippen LogP contribution in [0.1, 0.15) is 11.1 Å². The van der Waals surface area contributed by atoms with E-state index in [9.17, 15) is 5.11 Å². The molecule has 3 aromatic rings. The summed E-state index contributed by atoms with van der Waals surface area (Å²) >= 11 is 0. The van der Waals surface area contributed by atoms with E-state index in [2.05, 4.69) is 0 Å². The van der Waals surface area contributed by atoms with Crippen LogP contribution in [0.4, 0.5) is 0 Å². The van der Waals surface area contributed by atoms with E-state index in [1.165, 1.54) is 5.56 Å². The number of aryl methyl sites for hydroxylation is 2. The van der Waals surface area contributed by atoms with Gasteiger partial charge in [-0.25, -0.2) is 0 Å². The Kier molecular flexibility index (Phi) is 3.30. The molecule has 0 aliphatic rings. The Hall–Kier alpha value is -2.48. The summed E-state index contributed by atoms with van der Waals surface area (Å²) in [7, 11) is 1.63. The number of ether oxygens (including phenoxy) is 1. The number of rotatable bonds is 2. The molecule has 3 aromatic carbocycles. The van der Waals surface area contributed by atoms with Crippen molar-refractivity contribution in [1.29, 1.82) is 0 Å². The summed E-state index contributed by atoms with van der Waals surface area (Å²) in [6, 6.07) is 16.1. The first-order valence-corrected chi connectivity index (χ1v) is 6.97. The van der Waals surface area contributed by atoms with Crippen LogP contribution in [-0.4, -0.2) is 12.2 Å². The summed E-state index contributed by atoms with van der Waals surface area (Å²) in [6.07, 6.45) is 0. The van der Waals surface area contributed by atoms with Gasteiger partial charge in [0.25, 0.3) is 0 Å². The highest BCUT2D eigenvalue weighted by Crippen LogP contribution is 2.43. The Balaban J connectivity index is 2.34. The van der Waals surface area contributed by atoms with Crippen molar-refractivity contribution in [3.8, 4) is 22.6 Å². The minimum atomic E-state index is 0.275. The zero-order valence-corrected chi connectivity index (χ0v) is 12.5. The Morgan fingerprint density at radius 1 is 0.857 bits per heavy atom. The summed E-state index contributed by atoms with van der Waals surface area (Å²) in [6.45, 7) is 4.07. The van der Waals surface area contributed by atoms with Crippen LogP contribution in [0.2, 0.25) is 0 Å². The number of hydrogen-bond donors (Lipinski definition) is 1. The smallest absolute Gasteiger partial charge is 0.134 e. The van der Waals surface area contributed by atoms with E-state index in [-0.39, 0.29) is 5.75 Å². The standard InChI is InChI=1S/C19H18O2/c1-12-4-7-14(8-5-12)18-17(21-3)11-15-9-6-13(2)10-16(15)19(18)20/h4-11,20H,1-3H3. The van der Waals surface area contributed by atoms with E-state index in [1.54, 1.807) is 7.11 Å². The molecule has 1 N–H and O–H groups in total. The van der Waals surface area contributed by atoms with Gasteiger partial charge in [-0.2, -0.15) is 0 Å². The van der Waals surface area contributed by atoms with Crippen molar-refractivity contribution in [2.24, 2.45) is 0 Å². The number of phenols is 1. The molecule has 0 heterocycles. The van der Waals surface area contributed by atoms with Gasteiger partial charge in [-0.1, -0.05) is 47.5 Å². The summed E-state index contributed by atoms with van der Waals surface area (Å²) in [4.78, 5) is 0. The zero-order chi connectivity index (χ0) is 15.0. The van der Waals surface area contributed by atoms with E-state index in [4.69, 9.17) is 4.74 Å². The van der Waals surface area contributed by atoms with Gasteiger partial charge in [0.1, 0.15) is 11.5 Å². The molecule has 0 atom stereocenters. The first-order chi connectivity index (χ1) is 10.1. The van der Waals surface area contributed by atoms with Crippen molar-refractivity contribution in [3.05, 3.63) is 59.7 Å². The Bertz CT molecular complexity index is 802. The molecule has 0 aliphatic heterocycles. The average Bonchev–Trinajstić information content (AvgIpc) is 2.49. The molecule has 0 fully saturated rings. The van der Waals surface area contributed by atoms with Gasteiger partial charge in [0.2, 0.25) is 0 Å². The number of fused-ring (bicyclic) bond motifs is 1. The molecule has 0 radical (unpaired) electrons. The van der Waals surface area contributed by atoms with Gasteiger partial charge in [-0.3, -0.25) is 0 Å². The highest BCUT2D eigenvalue weighted by Gasteiger charge is 2.15. The predicted molar refractivity (Wildman–Crippen MR) is 87.1 cm³/mol. The lowest BCUT2D eigenvalue weighted by atomic mass is 9.97. The van der Waals surface area contributed by atoms with Crippen LogP contribution in [0.25, 0.3) is 21.9 Å². The maximum atomic E-state index is 10.7. The van der Waals surface area contributed by atoms with Crippen LogP contribution in [0.15, 0.2) is 48.5 Å². The molecular formula is C19H18O2. The molecular weight excluding hydrogens is 260 g/mol. The molecule has 0 unspecified atom stereocenters. The molecule has 0 aromatic heterocycles. The molecule has 0 saturated heterocycles. The molecule has 0 saturated carbocycles. The fourth-order valence-electron chi connectivity index (χ4n) is 2.63. The molecule has 106 valence electrons. The number of phenolic OH excluding ortho intramolecular Hbond substituents is 1. The molecule has 0 amide bonds. The minimum absolute atomic E-state index is 0.275. The Morgan fingerprint density at radius 3 is 2.19 bits per heavy atom. The van der Waals surface area contributed by atoms with E-state index in [0.717, 1.165) is 27.5 Å². The monoisotopic (exact) mass is 278 g/mol. The van der Waals surface area contributed by atoms with Crippen molar-refractivity contribution in [2.75, 3.05) is 7.11 Å². The maximum absolute atomic E-state index is 10.7. The zero-order valence-electron chi connectivity index (χ0n) is 12.5. The molecule has 2 nitrogen and oxygen atoms in total. The third-order valence-electron chi connectivity index (χ3n) is 3.79. The molecule has 0 spiro atoms. The van der Waals surface area contributed by atoms with Crippen LogP contribution < -0.4 is 4.74 Å².